The summed E-state index contributed by atoms with van der Waals surface area (Å²) in [5.74, 6) is -0.162. The summed E-state index contributed by atoms with van der Waals surface area (Å²) in [5.41, 5.74) is 1.05. The van der Waals surface area contributed by atoms with Crippen molar-refractivity contribution in [2.45, 2.75) is 83.2 Å². The fraction of sp³-hybridized carbons (Fsp3) is 1.00. The van der Waals surface area contributed by atoms with Crippen molar-refractivity contribution in [3.05, 3.63) is 0 Å². The molecule has 0 N–H and O–H groups in total. The van der Waals surface area contributed by atoms with Gasteiger partial charge in [0.15, 0.2) is 0 Å². The standard InChI is InChI=1S/C15H24O2/c1-12(6-4-3-5-7-12)10-13(2)8-9-14-15(11-13,16-14)17-14/h3-11H2,1-2H3. The van der Waals surface area contributed by atoms with Gasteiger partial charge >= 0.3 is 0 Å². The highest BCUT2D eigenvalue weighted by atomic mass is 17.0. The molecule has 4 aliphatic rings. The van der Waals surface area contributed by atoms with Gasteiger partial charge in [-0.3, -0.25) is 0 Å². The molecule has 2 aliphatic heterocycles. The molecule has 2 saturated heterocycles. The first-order valence-electron chi connectivity index (χ1n) is 7.39. The third-order valence-corrected chi connectivity index (χ3v) is 5.79. The Morgan fingerprint density at radius 2 is 1.47 bits per heavy atom. The first kappa shape index (κ1) is 10.8. The lowest BCUT2D eigenvalue weighted by Gasteiger charge is -2.42. The Hall–Kier alpha value is -0.0800. The Balaban J connectivity index is 1.47. The minimum atomic E-state index is -0.0922. The van der Waals surface area contributed by atoms with E-state index in [1.807, 2.05) is 0 Å². The molecule has 4 fully saturated rings. The molecule has 0 aromatic rings. The molecule has 17 heavy (non-hydrogen) atoms. The number of rotatable bonds is 2. The summed E-state index contributed by atoms with van der Waals surface area (Å²) in [4.78, 5) is 0. The second kappa shape index (κ2) is 2.91. The van der Waals surface area contributed by atoms with Crippen LogP contribution in [0.5, 0.6) is 0 Å². The van der Waals surface area contributed by atoms with Gasteiger partial charge in [0.25, 0.3) is 0 Å². The van der Waals surface area contributed by atoms with Gasteiger partial charge in [-0.2, -0.15) is 0 Å². The predicted octanol–water partition coefficient (Wildman–Crippen LogP) is 3.99. The number of ether oxygens (including phenoxy) is 2. The molecule has 0 bridgehead atoms. The Morgan fingerprint density at radius 3 is 2.12 bits per heavy atom. The van der Waals surface area contributed by atoms with Crippen LogP contribution < -0.4 is 0 Å². The molecule has 0 spiro atoms. The fourth-order valence-corrected chi connectivity index (χ4v) is 4.87. The van der Waals surface area contributed by atoms with Crippen LogP contribution in [-0.4, -0.2) is 11.6 Å². The number of epoxide rings is 2. The summed E-state index contributed by atoms with van der Waals surface area (Å²) < 4.78 is 11.5. The van der Waals surface area contributed by atoms with Crippen molar-refractivity contribution in [3.63, 3.8) is 0 Å². The van der Waals surface area contributed by atoms with Crippen LogP contribution in [0.3, 0.4) is 0 Å². The van der Waals surface area contributed by atoms with Crippen molar-refractivity contribution in [3.8, 4) is 0 Å². The molecular formula is C15H24O2. The van der Waals surface area contributed by atoms with E-state index in [-0.39, 0.29) is 11.6 Å². The molecule has 4 rings (SSSR count). The highest BCUT2D eigenvalue weighted by molar-refractivity contribution is 5.22. The Labute approximate surface area is 104 Å². The SMILES string of the molecule is CC1(CC2(C)CCC34OC3(C2)O4)CCCCC1. The third kappa shape index (κ3) is 1.46. The second-order valence-electron chi connectivity index (χ2n) is 7.75. The summed E-state index contributed by atoms with van der Waals surface area (Å²) in [5, 5.41) is 0. The monoisotopic (exact) mass is 236 g/mol. The zero-order chi connectivity index (χ0) is 11.8. The van der Waals surface area contributed by atoms with Crippen molar-refractivity contribution in [1.82, 2.24) is 0 Å². The Morgan fingerprint density at radius 1 is 0.765 bits per heavy atom. The van der Waals surface area contributed by atoms with Crippen LogP contribution in [0.1, 0.15) is 71.6 Å². The first-order chi connectivity index (χ1) is 7.99. The van der Waals surface area contributed by atoms with Crippen molar-refractivity contribution >= 4 is 0 Å². The zero-order valence-electron chi connectivity index (χ0n) is 11.2. The van der Waals surface area contributed by atoms with Gasteiger partial charge in [-0.25, -0.2) is 0 Å². The highest BCUT2D eigenvalue weighted by Gasteiger charge is 2.92. The van der Waals surface area contributed by atoms with Crippen molar-refractivity contribution in [2.75, 3.05) is 0 Å². The quantitative estimate of drug-likeness (QED) is 0.677. The van der Waals surface area contributed by atoms with Gasteiger partial charge in [0.1, 0.15) is 0 Å². The van der Waals surface area contributed by atoms with Gasteiger partial charge in [0.2, 0.25) is 11.6 Å². The van der Waals surface area contributed by atoms with E-state index in [2.05, 4.69) is 13.8 Å². The lowest BCUT2D eigenvalue weighted by molar-refractivity contribution is -0.0972. The topological polar surface area (TPSA) is 25.1 Å². The van der Waals surface area contributed by atoms with E-state index in [0.717, 1.165) is 12.8 Å². The smallest absolute Gasteiger partial charge is 0.229 e. The van der Waals surface area contributed by atoms with Crippen molar-refractivity contribution in [1.29, 1.82) is 0 Å². The Kier molecular flexibility index (Phi) is 1.85. The van der Waals surface area contributed by atoms with E-state index >= 15 is 0 Å². The summed E-state index contributed by atoms with van der Waals surface area (Å²) >= 11 is 0. The molecule has 1 atom stereocenters. The fourth-order valence-electron chi connectivity index (χ4n) is 4.87. The zero-order valence-corrected chi connectivity index (χ0v) is 11.2. The van der Waals surface area contributed by atoms with Crippen molar-refractivity contribution in [2.24, 2.45) is 10.8 Å². The summed E-state index contributed by atoms with van der Waals surface area (Å²) in [6.07, 6.45) is 12.2. The number of hydrogen-bond acceptors (Lipinski definition) is 2. The van der Waals surface area contributed by atoms with Crippen LogP contribution in [0.4, 0.5) is 0 Å². The van der Waals surface area contributed by atoms with Gasteiger partial charge < -0.3 is 9.47 Å². The molecule has 96 valence electrons. The van der Waals surface area contributed by atoms with E-state index < -0.39 is 0 Å². The molecule has 0 amide bonds. The van der Waals surface area contributed by atoms with Crippen LogP contribution in [0.2, 0.25) is 0 Å². The van der Waals surface area contributed by atoms with Crippen LogP contribution in [0, 0.1) is 10.8 Å². The second-order valence-corrected chi connectivity index (χ2v) is 7.75. The van der Waals surface area contributed by atoms with E-state index in [0.29, 0.717) is 10.8 Å². The van der Waals surface area contributed by atoms with Crippen LogP contribution >= 0.6 is 0 Å². The average Bonchev–Trinajstić information content (AvgIpc) is 3.02. The molecule has 0 aromatic heterocycles. The average molecular weight is 236 g/mol. The van der Waals surface area contributed by atoms with Gasteiger partial charge in [-0.15, -0.1) is 0 Å². The molecular weight excluding hydrogens is 212 g/mol. The van der Waals surface area contributed by atoms with Gasteiger partial charge in [-0.05, 0) is 36.5 Å². The molecule has 0 aromatic carbocycles. The summed E-state index contributed by atoms with van der Waals surface area (Å²) in [7, 11) is 0. The molecule has 2 heteroatoms. The largest absolute Gasteiger partial charge is 0.307 e. The lowest BCUT2D eigenvalue weighted by atomic mass is 9.62. The first-order valence-corrected chi connectivity index (χ1v) is 7.39. The molecule has 2 nitrogen and oxygen atoms in total. The molecule has 1 unspecified atom stereocenters. The minimum absolute atomic E-state index is 0.0695. The highest BCUT2D eigenvalue weighted by Crippen LogP contribution is 2.77. The third-order valence-electron chi connectivity index (χ3n) is 5.79. The lowest BCUT2D eigenvalue weighted by Crippen LogP contribution is -2.33. The maximum atomic E-state index is 5.74. The predicted molar refractivity (Wildman–Crippen MR) is 65.4 cm³/mol. The van der Waals surface area contributed by atoms with Crippen LogP contribution in [0.25, 0.3) is 0 Å². The van der Waals surface area contributed by atoms with E-state index in [1.165, 1.54) is 44.9 Å². The maximum Gasteiger partial charge on any atom is 0.229 e. The normalized spacial score (nSPS) is 54.7. The maximum absolute atomic E-state index is 5.74. The van der Waals surface area contributed by atoms with Crippen LogP contribution in [0.15, 0.2) is 0 Å². The molecule has 0 radical (unpaired) electrons. The van der Waals surface area contributed by atoms with Gasteiger partial charge in [0, 0.05) is 12.8 Å². The van der Waals surface area contributed by atoms with E-state index in [9.17, 15) is 0 Å². The molecule has 2 aliphatic carbocycles. The molecule has 2 saturated carbocycles. The molecule has 2 heterocycles. The van der Waals surface area contributed by atoms with E-state index in [4.69, 9.17) is 9.47 Å². The summed E-state index contributed by atoms with van der Waals surface area (Å²) in [6, 6.07) is 0. The van der Waals surface area contributed by atoms with E-state index in [1.54, 1.807) is 0 Å². The van der Waals surface area contributed by atoms with Crippen LogP contribution in [-0.2, 0) is 9.47 Å². The summed E-state index contributed by atoms with van der Waals surface area (Å²) in [6.45, 7) is 4.98. The Bertz CT molecular complexity index is 350. The van der Waals surface area contributed by atoms with Gasteiger partial charge in [0.05, 0.1) is 0 Å². The van der Waals surface area contributed by atoms with Gasteiger partial charge in [-0.1, -0.05) is 33.1 Å². The minimum Gasteiger partial charge on any atom is -0.307 e. The number of hydrogen-bond donors (Lipinski definition) is 0. The van der Waals surface area contributed by atoms with Crippen molar-refractivity contribution < 1.29 is 9.47 Å².